The predicted octanol–water partition coefficient (Wildman–Crippen LogP) is 2.05. The smallest absolute Gasteiger partial charge is 0.233 e. The molecule has 1 aromatic rings. The summed E-state index contributed by atoms with van der Waals surface area (Å²) in [4.78, 5) is 4.18. The Morgan fingerprint density at radius 3 is 2.61 bits per heavy atom. The fraction of sp³-hybridized carbons (Fsp3) is 0.583. The molecule has 0 spiro atoms. The van der Waals surface area contributed by atoms with Crippen LogP contribution in [0.4, 0.5) is 11.5 Å². The van der Waals surface area contributed by atoms with Crippen molar-refractivity contribution in [1.82, 2.24) is 4.98 Å². The molecule has 0 unspecified atom stereocenters. The molecule has 1 fully saturated rings. The minimum absolute atomic E-state index is 0.103. The summed E-state index contributed by atoms with van der Waals surface area (Å²) in [7, 11) is -3.27. The first kappa shape index (κ1) is 13.1. The summed E-state index contributed by atoms with van der Waals surface area (Å²) in [5, 5.41) is 3.25. The standard InChI is InChI=1S/C12H19N3O2S/c1-9(2)8-18(16,17)15-11-5-6-12(13-7-11)14-10-3-4-10/h5-7,9-10,15H,3-4,8H2,1-2H3,(H,13,14). The molecule has 2 rings (SSSR count). The second-order valence-electron chi connectivity index (χ2n) is 5.13. The highest BCUT2D eigenvalue weighted by molar-refractivity contribution is 7.92. The fourth-order valence-electron chi connectivity index (χ4n) is 1.64. The number of aromatic nitrogens is 1. The fourth-order valence-corrected chi connectivity index (χ4v) is 3.08. The first-order valence-corrected chi connectivity index (χ1v) is 7.83. The van der Waals surface area contributed by atoms with Crippen molar-refractivity contribution in [2.45, 2.75) is 32.7 Å². The van der Waals surface area contributed by atoms with Crippen LogP contribution < -0.4 is 10.0 Å². The van der Waals surface area contributed by atoms with Gasteiger partial charge in [0.05, 0.1) is 17.6 Å². The molecule has 0 atom stereocenters. The molecule has 0 bridgehead atoms. The predicted molar refractivity (Wildman–Crippen MR) is 73.1 cm³/mol. The molecule has 0 saturated heterocycles. The van der Waals surface area contributed by atoms with E-state index in [9.17, 15) is 8.42 Å². The van der Waals surface area contributed by atoms with Gasteiger partial charge >= 0.3 is 0 Å². The summed E-state index contributed by atoms with van der Waals surface area (Å²) in [5.74, 6) is 1.02. The van der Waals surface area contributed by atoms with Crippen molar-refractivity contribution in [2.24, 2.45) is 5.92 Å². The van der Waals surface area contributed by atoms with Crippen LogP contribution in [-0.2, 0) is 10.0 Å². The summed E-state index contributed by atoms with van der Waals surface area (Å²) in [5.41, 5.74) is 0.511. The minimum atomic E-state index is -3.27. The summed E-state index contributed by atoms with van der Waals surface area (Å²) in [6.45, 7) is 3.75. The number of anilines is 2. The van der Waals surface area contributed by atoms with Crippen LogP contribution in [0.2, 0.25) is 0 Å². The van der Waals surface area contributed by atoms with E-state index < -0.39 is 10.0 Å². The second kappa shape index (κ2) is 5.14. The van der Waals surface area contributed by atoms with Crippen molar-refractivity contribution >= 4 is 21.5 Å². The summed E-state index contributed by atoms with van der Waals surface area (Å²) < 4.78 is 26.0. The maximum atomic E-state index is 11.7. The molecular formula is C12H19N3O2S. The van der Waals surface area contributed by atoms with E-state index in [4.69, 9.17) is 0 Å². The van der Waals surface area contributed by atoms with E-state index in [1.165, 1.54) is 12.8 Å². The van der Waals surface area contributed by atoms with Crippen molar-refractivity contribution < 1.29 is 8.42 Å². The molecule has 100 valence electrons. The van der Waals surface area contributed by atoms with E-state index in [0.717, 1.165) is 5.82 Å². The van der Waals surface area contributed by atoms with Gasteiger partial charge in [-0.2, -0.15) is 0 Å². The first-order chi connectivity index (χ1) is 8.44. The quantitative estimate of drug-likeness (QED) is 0.829. The molecular weight excluding hydrogens is 250 g/mol. The van der Waals surface area contributed by atoms with E-state index in [0.29, 0.717) is 11.7 Å². The third-order valence-corrected chi connectivity index (χ3v) is 4.17. The van der Waals surface area contributed by atoms with Gasteiger partial charge < -0.3 is 5.32 Å². The van der Waals surface area contributed by atoms with E-state index in [1.54, 1.807) is 18.3 Å². The molecule has 0 radical (unpaired) electrons. The van der Waals surface area contributed by atoms with Crippen molar-refractivity contribution in [3.05, 3.63) is 18.3 Å². The number of rotatable bonds is 6. The number of hydrogen-bond donors (Lipinski definition) is 2. The van der Waals surface area contributed by atoms with Crippen LogP contribution in [0, 0.1) is 5.92 Å². The van der Waals surface area contributed by atoms with Crippen molar-refractivity contribution in [3.63, 3.8) is 0 Å². The molecule has 0 aliphatic heterocycles. The lowest BCUT2D eigenvalue weighted by Gasteiger charge is -2.10. The molecule has 1 aromatic heterocycles. The number of pyridine rings is 1. The number of nitrogens with zero attached hydrogens (tertiary/aromatic N) is 1. The van der Waals surface area contributed by atoms with Gasteiger partial charge in [-0.25, -0.2) is 13.4 Å². The van der Waals surface area contributed by atoms with Gasteiger partial charge in [0.15, 0.2) is 0 Å². The third-order valence-electron chi connectivity index (χ3n) is 2.52. The SMILES string of the molecule is CC(C)CS(=O)(=O)Nc1ccc(NC2CC2)nc1. The zero-order valence-electron chi connectivity index (χ0n) is 10.7. The van der Waals surface area contributed by atoms with E-state index in [-0.39, 0.29) is 11.7 Å². The van der Waals surface area contributed by atoms with Crippen LogP contribution in [0.3, 0.4) is 0 Å². The zero-order valence-corrected chi connectivity index (χ0v) is 11.5. The molecule has 5 nitrogen and oxygen atoms in total. The highest BCUT2D eigenvalue weighted by Crippen LogP contribution is 2.24. The molecule has 1 saturated carbocycles. The Hall–Kier alpha value is -1.30. The molecule has 1 heterocycles. The molecule has 0 amide bonds. The maximum Gasteiger partial charge on any atom is 0.233 e. The van der Waals surface area contributed by atoms with Gasteiger partial charge in [-0.05, 0) is 30.9 Å². The lowest BCUT2D eigenvalue weighted by atomic mass is 10.3. The molecule has 6 heteroatoms. The van der Waals surface area contributed by atoms with Gasteiger partial charge in [0, 0.05) is 6.04 Å². The van der Waals surface area contributed by atoms with Gasteiger partial charge in [0.1, 0.15) is 5.82 Å². The number of sulfonamides is 1. The third kappa shape index (κ3) is 4.18. The summed E-state index contributed by atoms with van der Waals surface area (Å²) in [6, 6.07) is 4.07. The Kier molecular flexibility index (Phi) is 3.75. The van der Waals surface area contributed by atoms with Crippen LogP contribution >= 0.6 is 0 Å². The topological polar surface area (TPSA) is 71.1 Å². The normalized spacial score (nSPS) is 15.7. The summed E-state index contributed by atoms with van der Waals surface area (Å²) >= 11 is 0. The Balaban J connectivity index is 1.96. The highest BCUT2D eigenvalue weighted by Gasteiger charge is 2.21. The van der Waals surface area contributed by atoms with Crippen molar-refractivity contribution in [2.75, 3.05) is 15.8 Å². The van der Waals surface area contributed by atoms with Gasteiger partial charge in [-0.15, -0.1) is 0 Å². The van der Waals surface area contributed by atoms with Gasteiger partial charge in [-0.3, -0.25) is 4.72 Å². The van der Waals surface area contributed by atoms with Crippen LogP contribution in [0.25, 0.3) is 0 Å². The maximum absolute atomic E-state index is 11.7. The molecule has 18 heavy (non-hydrogen) atoms. The number of hydrogen-bond acceptors (Lipinski definition) is 4. The highest BCUT2D eigenvalue weighted by atomic mass is 32.2. The Labute approximate surface area is 108 Å². The monoisotopic (exact) mass is 269 g/mol. The minimum Gasteiger partial charge on any atom is -0.367 e. The van der Waals surface area contributed by atoms with Crippen LogP contribution in [0.15, 0.2) is 18.3 Å². The molecule has 1 aliphatic rings. The first-order valence-electron chi connectivity index (χ1n) is 6.18. The Bertz CT molecular complexity index is 493. The van der Waals surface area contributed by atoms with Crippen molar-refractivity contribution in [3.8, 4) is 0 Å². The van der Waals surface area contributed by atoms with Crippen LogP contribution in [0.1, 0.15) is 26.7 Å². The molecule has 0 aromatic carbocycles. The average molecular weight is 269 g/mol. The van der Waals surface area contributed by atoms with Crippen LogP contribution in [-0.4, -0.2) is 25.2 Å². The van der Waals surface area contributed by atoms with Crippen LogP contribution in [0.5, 0.6) is 0 Å². The van der Waals surface area contributed by atoms with Gasteiger partial charge in [0.25, 0.3) is 0 Å². The summed E-state index contributed by atoms with van der Waals surface area (Å²) in [6.07, 6.45) is 3.91. The zero-order chi connectivity index (χ0) is 13.2. The van der Waals surface area contributed by atoms with Gasteiger partial charge in [-0.1, -0.05) is 13.8 Å². The lowest BCUT2D eigenvalue weighted by Crippen LogP contribution is -2.20. The van der Waals surface area contributed by atoms with Crippen molar-refractivity contribution in [1.29, 1.82) is 0 Å². The number of nitrogens with one attached hydrogen (secondary N) is 2. The van der Waals surface area contributed by atoms with E-state index in [1.807, 2.05) is 13.8 Å². The Morgan fingerprint density at radius 1 is 1.39 bits per heavy atom. The molecule has 1 aliphatic carbocycles. The largest absolute Gasteiger partial charge is 0.367 e. The van der Waals surface area contributed by atoms with E-state index >= 15 is 0 Å². The lowest BCUT2D eigenvalue weighted by molar-refractivity contribution is 0.587. The average Bonchev–Trinajstić information content (AvgIpc) is 3.02. The Morgan fingerprint density at radius 2 is 2.11 bits per heavy atom. The second-order valence-corrected chi connectivity index (χ2v) is 6.90. The van der Waals surface area contributed by atoms with E-state index in [2.05, 4.69) is 15.0 Å². The molecule has 2 N–H and O–H groups in total. The van der Waals surface area contributed by atoms with Gasteiger partial charge in [0.2, 0.25) is 10.0 Å².